The molecule has 0 amide bonds. The number of phenolic OH excluding ortho intramolecular Hbond substituents is 2. The van der Waals surface area contributed by atoms with Gasteiger partial charge < -0.3 is 19.7 Å². The van der Waals surface area contributed by atoms with Crippen molar-refractivity contribution < 1.29 is 19.7 Å². The van der Waals surface area contributed by atoms with Crippen molar-refractivity contribution in [3.05, 3.63) is 11.1 Å². The van der Waals surface area contributed by atoms with Gasteiger partial charge in [-0.25, -0.2) is 0 Å². The molecule has 0 aliphatic rings. The smallest absolute Gasteiger partial charge is 0.207 e. The van der Waals surface area contributed by atoms with E-state index in [1.54, 1.807) is 0 Å². The van der Waals surface area contributed by atoms with Crippen LogP contribution in [-0.4, -0.2) is 23.4 Å². The van der Waals surface area contributed by atoms with Crippen molar-refractivity contribution in [2.24, 2.45) is 0 Å². The Morgan fingerprint density at radius 3 is 1.12 bits per heavy atom. The van der Waals surface area contributed by atoms with E-state index >= 15 is 0 Å². The summed E-state index contributed by atoms with van der Waals surface area (Å²) in [4.78, 5) is 0. The zero-order chi connectivity index (χ0) is 30.7. The summed E-state index contributed by atoms with van der Waals surface area (Å²) in [6, 6.07) is 0. The van der Waals surface area contributed by atoms with E-state index in [1.807, 2.05) is 0 Å². The molecule has 0 saturated carbocycles. The molecule has 0 aromatic heterocycles. The molecule has 0 saturated heterocycles. The molecular weight excluding hydrogens is 520 g/mol. The summed E-state index contributed by atoms with van der Waals surface area (Å²) < 4.78 is 12.8. The van der Waals surface area contributed by atoms with Crippen molar-refractivity contribution in [1.29, 1.82) is 0 Å². The molecule has 0 atom stereocenters. The molecule has 4 heteroatoms. The van der Waals surface area contributed by atoms with E-state index in [4.69, 9.17) is 9.47 Å². The van der Waals surface area contributed by atoms with Gasteiger partial charge in [0.15, 0.2) is 11.5 Å². The summed E-state index contributed by atoms with van der Waals surface area (Å²) >= 11 is 0. The topological polar surface area (TPSA) is 58.9 Å². The highest BCUT2D eigenvalue weighted by molar-refractivity contribution is 5.66. The molecule has 1 rings (SSSR count). The van der Waals surface area contributed by atoms with Crippen molar-refractivity contribution in [3.8, 4) is 23.0 Å². The predicted octanol–water partition coefficient (Wildman–Crippen LogP) is 12.4. The van der Waals surface area contributed by atoms with Crippen LogP contribution >= 0.6 is 0 Å². The van der Waals surface area contributed by atoms with Crippen LogP contribution in [0.1, 0.15) is 193 Å². The monoisotopic (exact) mass is 591 g/mol. The Morgan fingerprint density at radius 1 is 0.357 bits per heavy atom. The van der Waals surface area contributed by atoms with Crippen LogP contribution in [0.25, 0.3) is 0 Å². The quantitative estimate of drug-likeness (QED) is 0.0691. The summed E-state index contributed by atoms with van der Waals surface area (Å²) in [7, 11) is 0. The van der Waals surface area contributed by atoms with Crippen molar-refractivity contribution in [2.75, 3.05) is 13.2 Å². The first-order valence-electron chi connectivity index (χ1n) is 18.5. The molecular formula is C38H70O4. The lowest BCUT2D eigenvalue weighted by atomic mass is 9.93. The normalized spacial score (nSPS) is 11.3. The van der Waals surface area contributed by atoms with Crippen LogP contribution in [0, 0.1) is 0 Å². The van der Waals surface area contributed by atoms with E-state index in [0.717, 1.165) is 68.9 Å². The van der Waals surface area contributed by atoms with Gasteiger partial charge in [-0.1, -0.05) is 156 Å². The molecule has 42 heavy (non-hydrogen) atoms. The van der Waals surface area contributed by atoms with Gasteiger partial charge in [-0.3, -0.25) is 0 Å². The number of hydrogen-bond acceptors (Lipinski definition) is 4. The molecule has 0 bridgehead atoms. The molecule has 1 aromatic rings. The summed E-state index contributed by atoms with van der Waals surface area (Å²) in [6.45, 7) is 10.2. The number of phenols is 2. The molecule has 0 spiro atoms. The minimum Gasteiger partial charge on any atom is -0.504 e. The van der Waals surface area contributed by atoms with Crippen molar-refractivity contribution in [3.63, 3.8) is 0 Å². The molecule has 2 N–H and O–H groups in total. The van der Waals surface area contributed by atoms with Crippen molar-refractivity contribution >= 4 is 0 Å². The van der Waals surface area contributed by atoms with Crippen LogP contribution in [0.5, 0.6) is 23.0 Å². The molecule has 0 aliphatic heterocycles. The third kappa shape index (κ3) is 16.9. The average molecular weight is 591 g/mol. The first kappa shape index (κ1) is 38.4. The van der Waals surface area contributed by atoms with Crippen molar-refractivity contribution in [2.45, 2.75) is 195 Å². The highest BCUT2D eigenvalue weighted by atomic mass is 16.5. The van der Waals surface area contributed by atoms with Crippen LogP contribution in [0.15, 0.2) is 0 Å². The summed E-state index contributed by atoms with van der Waals surface area (Å²) in [6.07, 6.45) is 30.6. The number of aromatic hydroxyl groups is 2. The predicted molar refractivity (Wildman–Crippen MR) is 182 cm³/mol. The first-order valence-corrected chi connectivity index (χ1v) is 18.5. The van der Waals surface area contributed by atoms with Gasteiger partial charge in [-0.05, 0) is 38.5 Å². The van der Waals surface area contributed by atoms with Crippen LogP contribution in [0.4, 0.5) is 0 Å². The van der Waals surface area contributed by atoms with Crippen LogP contribution in [0.3, 0.4) is 0 Å². The van der Waals surface area contributed by atoms with E-state index < -0.39 is 0 Å². The van der Waals surface area contributed by atoms with Crippen LogP contribution in [0.2, 0.25) is 0 Å². The molecule has 0 heterocycles. The second-order valence-electron chi connectivity index (χ2n) is 12.6. The molecule has 0 radical (unpaired) electrons. The van der Waals surface area contributed by atoms with Gasteiger partial charge in [-0.15, -0.1) is 0 Å². The summed E-state index contributed by atoms with van der Waals surface area (Å²) in [5.74, 6) is 0.986. The zero-order valence-electron chi connectivity index (χ0n) is 28.5. The number of benzene rings is 1. The minimum atomic E-state index is -0.119. The Morgan fingerprint density at radius 2 is 0.690 bits per heavy atom. The van der Waals surface area contributed by atoms with E-state index in [9.17, 15) is 10.2 Å². The number of ether oxygens (including phenoxy) is 2. The lowest BCUT2D eigenvalue weighted by molar-refractivity contribution is 0.242. The second kappa shape index (κ2) is 27.0. The van der Waals surface area contributed by atoms with Gasteiger partial charge in [0.2, 0.25) is 11.5 Å². The standard InChI is InChI=1S/C38H70O4/c1-5-9-13-17-21-25-29-33-34(30-26-22-18-14-10-6-2)37(41-31-27-23-19-15-11-7-3)38(36(40)35(33)39)42-32-28-24-20-16-12-8-4/h39-40H,5-32H2,1-4H3. The van der Waals surface area contributed by atoms with E-state index in [2.05, 4.69) is 27.7 Å². The molecule has 0 aliphatic carbocycles. The largest absolute Gasteiger partial charge is 0.504 e. The Hall–Kier alpha value is -1.58. The fraction of sp³-hybridized carbons (Fsp3) is 0.842. The van der Waals surface area contributed by atoms with Gasteiger partial charge >= 0.3 is 0 Å². The number of unbranched alkanes of at least 4 members (excludes halogenated alkanes) is 20. The Kier molecular flexibility index (Phi) is 24.7. The molecule has 0 unspecified atom stereocenters. The Labute approximate surface area is 261 Å². The lowest BCUT2D eigenvalue weighted by Crippen LogP contribution is -2.09. The highest BCUT2D eigenvalue weighted by Crippen LogP contribution is 2.50. The Bertz CT molecular complexity index is 760. The third-order valence-electron chi connectivity index (χ3n) is 8.62. The minimum absolute atomic E-state index is 0.0226. The van der Waals surface area contributed by atoms with E-state index in [1.165, 1.54) is 109 Å². The van der Waals surface area contributed by atoms with Crippen LogP contribution < -0.4 is 9.47 Å². The maximum absolute atomic E-state index is 11.3. The third-order valence-corrected chi connectivity index (χ3v) is 8.62. The first-order chi connectivity index (χ1) is 20.6. The molecule has 4 nitrogen and oxygen atoms in total. The van der Waals surface area contributed by atoms with E-state index in [-0.39, 0.29) is 11.5 Å². The fourth-order valence-electron chi connectivity index (χ4n) is 5.87. The maximum Gasteiger partial charge on any atom is 0.207 e. The average Bonchev–Trinajstić information content (AvgIpc) is 2.99. The highest BCUT2D eigenvalue weighted by Gasteiger charge is 2.26. The molecule has 246 valence electrons. The van der Waals surface area contributed by atoms with Gasteiger partial charge in [0, 0.05) is 11.1 Å². The maximum atomic E-state index is 11.3. The van der Waals surface area contributed by atoms with Gasteiger partial charge in [0.25, 0.3) is 0 Å². The molecule has 1 aromatic carbocycles. The van der Waals surface area contributed by atoms with Gasteiger partial charge in [0.05, 0.1) is 13.2 Å². The van der Waals surface area contributed by atoms with Crippen LogP contribution in [-0.2, 0) is 12.8 Å². The number of rotatable bonds is 30. The summed E-state index contributed by atoms with van der Waals surface area (Å²) in [5.41, 5.74) is 1.97. The van der Waals surface area contributed by atoms with Crippen molar-refractivity contribution in [1.82, 2.24) is 0 Å². The Balaban J connectivity index is 3.11. The van der Waals surface area contributed by atoms with Gasteiger partial charge in [-0.2, -0.15) is 0 Å². The van der Waals surface area contributed by atoms with Gasteiger partial charge in [0.1, 0.15) is 0 Å². The fourth-order valence-corrected chi connectivity index (χ4v) is 5.87. The summed E-state index contributed by atoms with van der Waals surface area (Å²) in [5, 5.41) is 22.5. The number of hydrogen-bond donors (Lipinski definition) is 2. The lowest BCUT2D eigenvalue weighted by Gasteiger charge is -2.22. The zero-order valence-corrected chi connectivity index (χ0v) is 28.5. The SMILES string of the molecule is CCCCCCCCOc1c(O)c(O)c(CCCCCCCC)c(CCCCCCCC)c1OCCCCCCCC. The van der Waals surface area contributed by atoms with E-state index in [0.29, 0.717) is 24.7 Å². The molecule has 0 fully saturated rings. The second-order valence-corrected chi connectivity index (χ2v) is 12.6.